The molecule has 1 aliphatic heterocycles. The first-order valence-electron chi connectivity index (χ1n) is 9.81. The molecule has 3 N–H and O–H groups in total. The largest absolute Gasteiger partial charge is 0.340 e. The molecule has 0 spiro atoms. The smallest absolute Gasteiger partial charge is 0.240 e. The minimum absolute atomic E-state index is 0.0216. The van der Waals surface area contributed by atoms with E-state index < -0.39 is 10.0 Å². The lowest BCUT2D eigenvalue weighted by Gasteiger charge is -2.23. The summed E-state index contributed by atoms with van der Waals surface area (Å²) in [6.07, 6.45) is 1.60. The second-order valence-electron chi connectivity index (χ2n) is 7.36. The summed E-state index contributed by atoms with van der Waals surface area (Å²) in [6.45, 7) is 1.67. The van der Waals surface area contributed by atoms with Gasteiger partial charge < -0.3 is 10.6 Å². The van der Waals surface area contributed by atoms with E-state index in [9.17, 15) is 8.42 Å². The molecular weight excluding hydrogens is 418 g/mol. The summed E-state index contributed by atoms with van der Waals surface area (Å²) in [5.41, 5.74) is 4.41. The second-order valence-corrected chi connectivity index (χ2v) is 9.96. The van der Waals surface area contributed by atoms with E-state index >= 15 is 0 Å². The number of benzene rings is 2. The maximum Gasteiger partial charge on any atom is 0.240 e. The Morgan fingerprint density at radius 1 is 1.00 bits per heavy atom. The van der Waals surface area contributed by atoms with Gasteiger partial charge in [0.1, 0.15) is 5.82 Å². The molecule has 2 aromatic carbocycles. The Bertz CT molecular complexity index is 1310. The summed E-state index contributed by atoms with van der Waals surface area (Å²) in [5.74, 6) is 0.695. The highest BCUT2D eigenvalue weighted by Gasteiger charge is 2.22. The fourth-order valence-electron chi connectivity index (χ4n) is 3.65. The Hall–Kier alpha value is -2.59. The SMILES string of the molecule is O=S(=O)(NC1CCNCC1)c1ccc2nc(Nc3ccc4scnc4c3)ccc2c1. The van der Waals surface area contributed by atoms with Crippen LogP contribution >= 0.6 is 11.3 Å². The van der Waals surface area contributed by atoms with Crippen LogP contribution in [0.4, 0.5) is 11.5 Å². The molecule has 0 bridgehead atoms. The van der Waals surface area contributed by atoms with Gasteiger partial charge in [0.05, 0.1) is 26.1 Å². The van der Waals surface area contributed by atoms with Gasteiger partial charge in [0.25, 0.3) is 0 Å². The van der Waals surface area contributed by atoms with Crippen LogP contribution in [0.5, 0.6) is 0 Å². The zero-order valence-electron chi connectivity index (χ0n) is 16.1. The van der Waals surface area contributed by atoms with Crippen molar-refractivity contribution in [2.75, 3.05) is 18.4 Å². The number of piperidine rings is 1. The van der Waals surface area contributed by atoms with Gasteiger partial charge in [-0.2, -0.15) is 0 Å². The van der Waals surface area contributed by atoms with Crippen molar-refractivity contribution >= 4 is 54.0 Å². The van der Waals surface area contributed by atoms with Gasteiger partial charge in [0.2, 0.25) is 10.0 Å². The molecule has 4 aromatic rings. The maximum atomic E-state index is 12.8. The predicted octanol–water partition coefficient (Wildman–Crippen LogP) is 3.62. The van der Waals surface area contributed by atoms with Gasteiger partial charge in [-0.25, -0.2) is 23.1 Å². The number of rotatable bonds is 5. The number of hydrogen-bond donors (Lipinski definition) is 3. The van der Waals surface area contributed by atoms with E-state index in [4.69, 9.17) is 0 Å². The van der Waals surface area contributed by atoms with Crippen molar-refractivity contribution in [3.8, 4) is 0 Å². The topological polar surface area (TPSA) is 96.0 Å². The van der Waals surface area contributed by atoms with Gasteiger partial charge in [0.15, 0.2) is 0 Å². The van der Waals surface area contributed by atoms with Crippen molar-refractivity contribution in [3.63, 3.8) is 0 Å². The van der Waals surface area contributed by atoms with Crippen LogP contribution in [0, 0.1) is 0 Å². The molecule has 1 aliphatic rings. The average molecular weight is 440 g/mol. The average Bonchev–Trinajstić information content (AvgIpc) is 3.22. The first kappa shape index (κ1) is 19.4. The van der Waals surface area contributed by atoms with Crippen molar-refractivity contribution in [2.45, 2.75) is 23.8 Å². The Morgan fingerprint density at radius 3 is 2.73 bits per heavy atom. The van der Waals surface area contributed by atoms with Crippen molar-refractivity contribution in [1.29, 1.82) is 0 Å². The molecule has 1 fully saturated rings. The van der Waals surface area contributed by atoms with E-state index in [0.29, 0.717) is 5.82 Å². The summed E-state index contributed by atoms with van der Waals surface area (Å²) < 4.78 is 29.5. The molecule has 0 saturated carbocycles. The number of hydrogen-bond acceptors (Lipinski definition) is 7. The van der Waals surface area contributed by atoms with Gasteiger partial charge in [0, 0.05) is 17.1 Å². The molecule has 0 atom stereocenters. The summed E-state index contributed by atoms with van der Waals surface area (Å²) in [5, 5.41) is 7.32. The predicted molar refractivity (Wildman–Crippen MR) is 121 cm³/mol. The molecule has 3 heterocycles. The third kappa shape index (κ3) is 4.01. The number of nitrogens with zero attached hydrogens (tertiary/aromatic N) is 2. The minimum Gasteiger partial charge on any atom is -0.340 e. The standard InChI is InChI=1S/C21H21N5O2S2/c27-30(28,26-15-7-9-22-10-8-15)17-3-4-18-14(11-17)1-6-21(25-18)24-16-2-5-20-19(12-16)23-13-29-20/h1-6,11-13,15,22,26H,7-10H2,(H,24,25). The van der Waals surface area contributed by atoms with Crippen LogP contribution in [-0.4, -0.2) is 37.5 Å². The number of aromatic nitrogens is 2. The molecule has 9 heteroatoms. The third-order valence-corrected chi connectivity index (χ3v) is 7.56. The molecule has 0 radical (unpaired) electrons. The van der Waals surface area contributed by atoms with Crippen LogP contribution in [0.2, 0.25) is 0 Å². The zero-order valence-corrected chi connectivity index (χ0v) is 17.8. The molecule has 5 rings (SSSR count). The van der Waals surface area contributed by atoms with Crippen LogP contribution in [0.25, 0.3) is 21.1 Å². The molecule has 154 valence electrons. The summed E-state index contributed by atoms with van der Waals surface area (Å²) >= 11 is 1.61. The second kappa shape index (κ2) is 7.92. The summed E-state index contributed by atoms with van der Waals surface area (Å²) in [6, 6.07) is 14.8. The fraction of sp³-hybridized carbons (Fsp3) is 0.238. The van der Waals surface area contributed by atoms with E-state index in [-0.39, 0.29) is 10.9 Å². The number of fused-ring (bicyclic) bond motifs is 2. The van der Waals surface area contributed by atoms with Crippen LogP contribution in [0.15, 0.2) is 58.9 Å². The van der Waals surface area contributed by atoms with E-state index in [0.717, 1.165) is 52.7 Å². The fourth-order valence-corrected chi connectivity index (χ4v) is 5.65. The minimum atomic E-state index is -3.55. The molecule has 1 saturated heterocycles. The lowest BCUT2D eigenvalue weighted by atomic mass is 10.1. The highest BCUT2D eigenvalue weighted by atomic mass is 32.2. The normalized spacial score (nSPS) is 15.6. The third-order valence-electron chi connectivity index (χ3n) is 5.23. The summed E-state index contributed by atoms with van der Waals surface area (Å²) in [7, 11) is -3.55. The molecule has 2 aromatic heterocycles. The molecule has 30 heavy (non-hydrogen) atoms. The van der Waals surface area contributed by atoms with E-state index in [2.05, 4.69) is 25.3 Å². The van der Waals surface area contributed by atoms with Gasteiger partial charge in [-0.1, -0.05) is 0 Å². The molecule has 0 amide bonds. The van der Waals surface area contributed by atoms with Crippen LogP contribution < -0.4 is 15.4 Å². The maximum absolute atomic E-state index is 12.8. The first-order chi connectivity index (χ1) is 14.6. The lowest BCUT2D eigenvalue weighted by molar-refractivity contribution is 0.427. The van der Waals surface area contributed by atoms with Crippen molar-refractivity contribution in [3.05, 3.63) is 54.0 Å². The number of sulfonamides is 1. The quantitative estimate of drug-likeness (QED) is 0.440. The van der Waals surface area contributed by atoms with E-state index in [1.807, 2.05) is 35.8 Å². The van der Waals surface area contributed by atoms with E-state index in [1.165, 1.54) is 0 Å². The first-order valence-corrected chi connectivity index (χ1v) is 12.2. The number of pyridine rings is 1. The highest BCUT2D eigenvalue weighted by molar-refractivity contribution is 7.89. The van der Waals surface area contributed by atoms with Gasteiger partial charge in [-0.15, -0.1) is 11.3 Å². The highest BCUT2D eigenvalue weighted by Crippen LogP contribution is 2.25. The van der Waals surface area contributed by atoms with Crippen molar-refractivity contribution in [1.82, 2.24) is 20.0 Å². The zero-order chi connectivity index (χ0) is 20.6. The number of anilines is 2. The Balaban J connectivity index is 1.37. The van der Waals surface area contributed by atoms with Crippen molar-refractivity contribution < 1.29 is 8.42 Å². The Labute approximate surface area is 178 Å². The Kier molecular flexibility index (Phi) is 5.11. The van der Waals surface area contributed by atoms with Crippen molar-refractivity contribution in [2.24, 2.45) is 0 Å². The number of nitrogens with one attached hydrogen (secondary N) is 3. The van der Waals surface area contributed by atoms with E-state index in [1.54, 1.807) is 29.5 Å². The Morgan fingerprint density at radius 2 is 1.87 bits per heavy atom. The summed E-state index contributed by atoms with van der Waals surface area (Å²) in [4.78, 5) is 9.23. The lowest BCUT2D eigenvalue weighted by Crippen LogP contribution is -2.42. The van der Waals surface area contributed by atoms with Gasteiger partial charge in [-0.3, -0.25) is 0 Å². The van der Waals surface area contributed by atoms with Crippen LogP contribution in [0.3, 0.4) is 0 Å². The molecule has 7 nitrogen and oxygen atoms in total. The van der Waals surface area contributed by atoms with Gasteiger partial charge >= 0.3 is 0 Å². The molecular formula is C21H21N5O2S2. The van der Waals surface area contributed by atoms with Crippen LogP contribution in [0.1, 0.15) is 12.8 Å². The monoisotopic (exact) mass is 439 g/mol. The van der Waals surface area contributed by atoms with Gasteiger partial charge in [-0.05, 0) is 74.5 Å². The number of thiazole rings is 1. The molecule has 0 aliphatic carbocycles. The van der Waals surface area contributed by atoms with Crippen LogP contribution in [-0.2, 0) is 10.0 Å². The molecule has 0 unspecified atom stereocenters.